The number of amides is 1. The molecule has 11 nitrogen and oxygen atoms in total. The molecule has 0 fully saturated rings. The van der Waals surface area contributed by atoms with Crippen molar-refractivity contribution >= 4 is 42.2 Å². The maximum Gasteiger partial charge on any atom is 0.466 e. The monoisotopic (exact) mass is 537 g/mol. The molecule has 2 heterocycles. The standard InChI is InChI=1S/C26H25N5O2.H3O4P/c1-17-13-21(8-11-25(17)33-22-9-6-18(2)28-15-22)31-26-23-14-20(5-4-12-27-19(3)32)7-10-24(23)29-16-30-26;1-5(2,3)4/h4-11,13-16H,12H2,1-3H3,(H,27,32)(H,29,30,31);(H3,1,2,3,4)/b5-4+;. The number of carbonyl (C=O) groups is 1. The van der Waals surface area contributed by atoms with Gasteiger partial charge in [0.15, 0.2) is 0 Å². The van der Waals surface area contributed by atoms with E-state index >= 15 is 0 Å². The molecular weight excluding hydrogens is 509 g/mol. The van der Waals surface area contributed by atoms with Crippen molar-refractivity contribution in [2.45, 2.75) is 20.8 Å². The fraction of sp³-hybridized carbons (Fsp3) is 0.154. The largest absolute Gasteiger partial charge is 0.466 e. The molecule has 5 N–H and O–H groups in total. The van der Waals surface area contributed by atoms with Crippen LogP contribution in [0.4, 0.5) is 11.5 Å². The first-order valence-electron chi connectivity index (χ1n) is 11.4. The third kappa shape index (κ3) is 9.38. The second-order valence-electron chi connectivity index (χ2n) is 8.19. The highest BCUT2D eigenvalue weighted by atomic mass is 31.2. The lowest BCUT2D eigenvalue weighted by atomic mass is 10.1. The Morgan fingerprint density at radius 1 is 1.03 bits per heavy atom. The van der Waals surface area contributed by atoms with E-state index in [0.717, 1.165) is 39.2 Å². The zero-order valence-electron chi connectivity index (χ0n) is 21.0. The first-order chi connectivity index (χ1) is 18.0. The number of phosphoric acid groups is 1. The highest BCUT2D eigenvalue weighted by molar-refractivity contribution is 7.45. The van der Waals surface area contributed by atoms with E-state index in [2.05, 4.69) is 25.6 Å². The fourth-order valence-electron chi connectivity index (χ4n) is 3.30. The summed E-state index contributed by atoms with van der Waals surface area (Å²) in [5, 5.41) is 7.05. The minimum absolute atomic E-state index is 0.0553. The van der Waals surface area contributed by atoms with E-state index in [1.807, 2.05) is 74.5 Å². The Balaban J connectivity index is 0.000000732. The summed E-state index contributed by atoms with van der Waals surface area (Å²) in [4.78, 5) is 45.7. The van der Waals surface area contributed by atoms with Crippen molar-refractivity contribution in [2.24, 2.45) is 0 Å². The minimum atomic E-state index is -4.64. The van der Waals surface area contributed by atoms with Crippen LogP contribution < -0.4 is 15.4 Å². The zero-order chi connectivity index (χ0) is 27.7. The molecule has 0 aliphatic rings. The number of nitrogens with zero attached hydrogens (tertiary/aromatic N) is 3. The molecule has 0 aliphatic carbocycles. The summed E-state index contributed by atoms with van der Waals surface area (Å²) in [7, 11) is -4.64. The van der Waals surface area contributed by atoms with Gasteiger partial charge in [-0.15, -0.1) is 0 Å². The van der Waals surface area contributed by atoms with Crippen molar-refractivity contribution < 1.29 is 28.8 Å². The molecule has 1 amide bonds. The summed E-state index contributed by atoms with van der Waals surface area (Å²) in [5.41, 5.74) is 4.67. The summed E-state index contributed by atoms with van der Waals surface area (Å²) >= 11 is 0. The molecule has 4 rings (SSSR count). The lowest BCUT2D eigenvalue weighted by molar-refractivity contribution is -0.118. The number of hydrogen-bond donors (Lipinski definition) is 5. The molecule has 38 heavy (non-hydrogen) atoms. The van der Waals surface area contributed by atoms with Crippen LogP contribution in [0, 0.1) is 13.8 Å². The topological polar surface area (TPSA) is 167 Å². The number of ether oxygens (including phenoxy) is 1. The number of fused-ring (bicyclic) bond motifs is 1. The average Bonchev–Trinajstić information content (AvgIpc) is 2.84. The van der Waals surface area contributed by atoms with Crippen LogP contribution in [0.15, 0.2) is 67.1 Å². The van der Waals surface area contributed by atoms with E-state index in [1.165, 1.54) is 6.92 Å². The number of hydrogen-bond acceptors (Lipinski definition) is 7. The molecule has 2 aromatic heterocycles. The zero-order valence-corrected chi connectivity index (χ0v) is 21.9. The summed E-state index contributed by atoms with van der Waals surface area (Å²) in [6, 6.07) is 15.7. The first-order valence-corrected chi connectivity index (χ1v) is 13.0. The number of pyridine rings is 1. The van der Waals surface area contributed by atoms with Crippen molar-refractivity contribution in [1.82, 2.24) is 20.3 Å². The molecule has 198 valence electrons. The third-order valence-corrected chi connectivity index (χ3v) is 4.99. The number of anilines is 2. The van der Waals surface area contributed by atoms with Gasteiger partial charge < -0.3 is 30.1 Å². The Bertz CT molecular complexity index is 1480. The van der Waals surface area contributed by atoms with E-state index in [9.17, 15) is 4.79 Å². The van der Waals surface area contributed by atoms with Crippen molar-refractivity contribution in [3.63, 3.8) is 0 Å². The summed E-state index contributed by atoms with van der Waals surface area (Å²) in [6.45, 7) is 5.92. The van der Waals surface area contributed by atoms with Crippen molar-refractivity contribution in [3.8, 4) is 11.5 Å². The van der Waals surface area contributed by atoms with Gasteiger partial charge in [0.05, 0.1) is 11.7 Å². The van der Waals surface area contributed by atoms with Gasteiger partial charge in [-0.1, -0.05) is 18.2 Å². The predicted octanol–water partition coefficient (Wildman–Crippen LogP) is 4.40. The summed E-state index contributed by atoms with van der Waals surface area (Å²) in [6.07, 6.45) is 7.13. The van der Waals surface area contributed by atoms with Crippen molar-refractivity contribution in [1.29, 1.82) is 0 Å². The average molecular weight is 538 g/mol. The van der Waals surface area contributed by atoms with E-state index in [0.29, 0.717) is 18.1 Å². The van der Waals surface area contributed by atoms with Gasteiger partial charge in [-0.2, -0.15) is 0 Å². The van der Waals surface area contributed by atoms with Crippen LogP contribution in [-0.2, 0) is 9.36 Å². The Morgan fingerprint density at radius 3 is 2.45 bits per heavy atom. The van der Waals surface area contributed by atoms with Gasteiger partial charge >= 0.3 is 7.82 Å². The molecule has 0 atom stereocenters. The summed E-state index contributed by atoms with van der Waals surface area (Å²) < 4.78 is 14.8. The lowest BCUT2D eigenvalue weighted by Gasteiger charge is -2.12. The Kier molecular flexibility index (Phi) is 9.64. The SMILES string of the molecule is CC(=O)NC/C=C/c1ccc2ncnc(Nc3ccc(Oc4ccc(C)nc4)c(C)c3)c2c1.O=P(O)(O)O. The van der Waals surface area contributed by atoms with E-state index in [4.69, 9.17) is 24.0 Å². The van der Waals surface area contributed by atoms with Gasteiger partial charge in [0.25, 0.3) is 0 Å². The van der Waals surface area contributed by atoms with Gasteiger partial charge in [0.1, 0.15) is 23.6 Å². The molecule has 0 spiro atoms. The third-order valence-electron chi connectivity index (χ3n) is 4.99. The molecule has 0 saturated carbocycles. The maximum absolute atomic E-state index is 11.0. The number of carbonyl (C=O) groups excluding carboxylic acids is 1. The van der Waals surface area contributed by atoms with Gasteiger partial charge in [-0.25, -0.2) is 14.5 Å². The van der Waals surface area contributed by atoms with Crippen LogP contribution in [-0.4, -0.2) is 42.1 Å². The molecule has 0 aliphatic heterocycles. The van der Waals surface area contributed by atoms with E-state index < -0.39 is 7.82 Å². The van der Waals surface area contributed by atoms with Crippen molar-refractivity contribution in [2.75, 3.05) is 11.9 Å². The number of aromatic nitrogens is 3. The van der Waals surface area contributed by atoms with Crippen LogP contribution in [0.25, 0.3) is 17.0 Å². The van der Waals surface area contributed by atoms with Crippen molar-refractivity contribution in [3.05, 3.63) is 84.0 Å². The molecule has 12 heteroatoms. The number of benzene rings is 2. The molecule has 0 radical (unpaired) electrons. The van der Waals surface area contributed by atoms with Crippen LogP contribution in [0.2, 0.25) is 0 Å². The number of rotatable bonds is 7. The van der Waals surface area contributed by atoms with Gasteiger partial charge in [-0.05, 0) is 67.4 Å². The second-order valence-corrected chi connectivity index (χ2v) is 9.22. The normalized spacial score (nSPS) is 11.1. The minimum Gasteiger partial charge on any atom is -0.455 e. The molecule has 0 unspecified atom stereocenters. The number of nitrogens with one attached hydrogen (secondary N) is 2. The van der Waals surface area contributed by atoms with Crippen LogP contribution in [0.5, 0.6) is 11.5 Å². The smallest absolute Gasteiger partial charge is 0.455 e. The molecule has 0 saturated heterocycles. The Morgan fingerprint density at radius 2 is 1.79 bits per heavy atom. The molecular formula is C26H28N5O6P. The lowest BCUT2D eigenvalue weighted by Crippen LogP contribution is -2.19. The molecule has 4 aromatic rings. The van der Waals surface area contributed by atoms with E-state index in [-0.39, 0.29) is 5.91 Å². The van der Waals surface area contributed by atoms with E-state index in [1.54, 1.807) is 12.5 Å². The first kappa shape index (κ1) is 28.4. The van der Waals surface area contributed by atoms with Crippen LogP contribution in [0.3, 0.4) is 0 Å². The molecule has 2 aromatic carbocycles. The number of aryl methyl sites for hydroxylation is 2. The molecule has 0 bridgehead atoms. The summed E-state index contributed by atoms with van der Waals surface area (Å²) in [5.74, 6) is 2.13. The Labute approximate surface area is 219 Å². The highest BCUT2D eigenvalue weighted by Crippen LogP contribution is 2.30. The maximum atomic E-state index is 11.0. The highest BCUT2D eigenvalue weighted by Gasteiger charge is 2.08. The Hall–Kier alpha value is -4.15. The fourth-order valence-corrected chi connectivity index (χ4v) is 3.30. The predicted molar refractivity (Wildman–Crippen MR) is 145 cm³/mol. The van der Waals surface area contributed by atoms with Gasteiger partial charge in [-0.3, -0.25) is 9.78 Å². The van der Waals surface area contributed by atoms with Crippen LogP contribution in [0.1, 0.15) is 23.7 Å². The quantitative estimate of drug-likeness (QED) is 0.213. The van der Waals surface area contributed by atoms with Gasteiger partial charge in [0, 0.05) is 30.2 Å². The van der Waals surface area contributed by atoms with Gasteiger partial charge in [0.2, 0.25) is 5.91 Å². The van der Waals surface area contributed by atoms with Crippen LogP contribution >= 0.6 is 7.82 Å². The second kappa shape index (κ2) is 12.9.